The summed E-state index contributed by atoms with van der Waals surface area (Å²) in [7, 11) is 0. The van der Waals surface area contributed by atoms with Crippen molar-refractivity contribution in [1.29, 1.82) is 0 Å². The molecule has 2 amide bonds. The van der Waals surface area contributed by atoms with Gasteiger partial charge < -0.3 is 15.7 Å². The van der Waals surface area contributed by atoms with E-state index in [1.54, 1.807) is 0 Å². The monoisotopic (exact) mass is 257 g/mol. The van der Waals surface area contributed by atoms with Gasteiger partial charge in [0.2, 0.25) is 0 Å². The van der Waals surface area contributed by atoms with Gasteiger partial charge in [-0.25, -0.2) is 14.6 Å². The minimum atomic E-state index is -1.06. The van der Waals surface area contributed by atoms with Crippen molar-refractivity contribution < 1.29 is 14.7 Å². The summed E-state index contributed by atoms with van der Waals surface area (Å²) < 4.78 is 0. The molecule has 0 aromatic carbocycles. The fraction of sp³-hybridized carbons (Fsp3) is 0.500. The number of carboxylic acid groups (broad SMARTS) is 1. The van der Waals surface area contributed by atoms with E-state index >= 15 is 0 Å². The van der Waals surface area contributed by atoms with Gasteiger partial charge in [0.25, 0.3) is 0 Å². The lowest BCUT2D eigenvalue weighted by Crippen LogP contribution is -2.46. The maximum absolute atomic E-state index is 11.4. The van der Waals surface area contributed by atoms with Gasteiger partial charge in [0.15, 0.2) is 5.69 Å². The standard InChI is InChI=1S/C10H15N3O3S/c1-10(2,3)13-9(16)11-4-7-12-6(5-17-7)8(14)15/h5H,4H2,1-3H3,(H,14,15)(H2,11,13,16). The molecule has 1 heterocycles. The second-order valence-electron chi connectivity index (χ2n) is 4.49. The average Bonchev–Trinajstić information content (AvgIpc) is 2.60. The predicted octanol–water partition coefficient (Wildman–Crippen LogP) is 1.44. The van der Waals surface area contributed by atoms with Crippen LogP contribution in [0.4, 0.5) is 4.79 Å². The molecule has 3 N–H and O–H groups in total. The van der Waals surface area contributed by atoms with Crippen LogP contribution in [0.3, 0.4) is 0 Å². The van der Waals surface area contributed by atoms with Crippen molar-refractivity contribution in [3.8, 4) is 0 Å². The first-order chi connectivity index (χ1) is 7.78. The Labute approximate surface area is 103 Å². The fourth-order valence-electron chi connectivity index (χ4n) is 1.03. The van der Waals surface area contributed by atoms with E-state index in [1.807, 2.05) is 20.8 Å². The highest BCUT2D eigenvalue weighted by molar-refractivity contribution is 7.09. The minimum Gasteiger partial charge on any atom is -0.476 e. The lowest BCUT2D eigenvalue weighted by atomic mass is 10.1. The molecule has 0 atom stereocenters. The number of hydrogen-bond acceptors (Lipinski definition) is 4. The van der Waals surface area contributed by atoms with Crippen LogP contribution in [0.2, 0.25) is 0 Å². The number of urea groups is 1. The molecule has 94 valence electrons. The average molecular weight is 257 g/mol. The van der Waals surface area contributed by atoms with Gasteiger partial charge in [-0.2, -0.15) is 0 Å². The normalized spacial score (nSPS) is 11.0. The van der Waals surface area contributed by atoms with E-state index < -0.39 is 5.97 Å². The summed E-state index contributed by atoms with van der Waals surface area (Å²) in [5.41, 5.74) is -0.304. The van der Waals surface area contributed by atoms with E-state index in [9.17, 15) is 9.59 Å². The number of carbonyl (C=O) groups is 2. The quantitative estimate of drug-likeness (QED) is 0.764. The molecule has 0 saturated carbocycles. The summed E-state index contributed by atoms with van der Waals surface area (Å²) in [6, 6.07) is -0.301. The fourth-order valence-corrected chi connectivity index (χ4v) is 1.74. The first-order valence-corrected chi connectivity index (χ1v) is 5.89. The van der Waals surface area contributed by atoms with Crippen LogP contribution >= 0.6 is 11.3 Å². The summed E-state index contributed by atoms with van der Waals surface area (Å²) in [6.45, 7) is 5.84. The first kappa shape index (κ1) is 13.4. The Morgan fingerprint density at radius 3 is 2.59 bits per heavy atom. The van der Waals surface area contributed by atoms with Crippen LogP contribution in [-0.4, -0.2) is 27.6 Å². The zero-order valence-corrected chi connectivity index (χ0v) is 10.7. The van der Waals surface area contributed by atoms with Crippen LogP contribution in [0, 0.1) is 0 Å². The van der Waals surface area contributed by atoms with Gasteiger partial charge in [-0.15, -0.1) is 11.3 Å². The molecule has 1 rings (SSSR count). The molecule has 0 radical (unpaired) electrons. The lowest BCUT2D eigenvalue weighted by Gasteiger charge is -2.20. The summed E-state index contributed by atoms with van der Waals surface area (Å²) in [6.07, 6.45) is 0. The van der Waals surface area contributed by atoms with Crippen LogP contribution in [0.1, 0.15) is 36.3 Å². The molecule has 0 bridgehead atoms. The van der Waals surface area contributed by atoms with Gasteiger partial charge in [0.1, 0.15) is 5.01 Å². The van der Waals surface area contributed by atoms with Gasteiger partial charge in [-0.3, -0.25) is 0 Å². The number of carboxylic acids is 1. The van der Waals surface area contributed by atoms with E-state index in [0.29, 0.717) is 5.01 Å². The first-order valence-electron chi connectivity index (χ1n) is 5.01. The smallest absolute Gasteiger partial charge is 0.355 e. The Morgan fingerprint density at radius 2 is 2.12 bits per heavy atom. The van der Waals surface area contributed by atoms with Crippen molar-refractivity contribution in [2.45, 2.75) is 32.9 Å². The second-order valence-corrected chi connectivity index (χ2v) is 5.43. The van der Waals surface area contributed by atoms with Crippen LogP contribution in [0.15, 0.2) is 5.38 Å². The maximum atomic E-state index is 11.4. The summed E-state index contributed by atoms with van der Waals surface area (Å²) >= 11 is 1.20. The summed E-state index contributed by atoms with van der Waals surface area (Å²) in [5, 5.41) is 16.0. The van der Waals surface area contributed by atoms with Crippen molar-refractivity contribution in [3.05, 3.63) is 16.1 Å². The van der Waals surface area contributed by atoms with E-state index in [2.05, 4.69) is 15.6 Å². The van der Waals surface area contributed by atoms with Gasteiger partial charge in [0, 0.05) is 10.9 Å². The molecule has 1 aromatic rings. The second kappa shape index (κ2) is 5.13. The van der Waals surface area contributed by atoms with Crippen LogP contribution < -0.4 is 10.6 Å². The van der Waals surface area contributed by atoms with Crippen LogP contribution in [0.5, 0.6) is 0 Å². The molecule has 0 saturated heterocycles. The number of aromatic carboxylic acids is 1. The molecular weight excluding hydrogens is 242 g/mol. The number of hydrogen-bond donors (Lipinski definition) is 3. The third-order valence-corrected chi connectivity index (χ3v) is 2.51. The third-order valence-electron chi connectivity index (χ3n) is 1.66. The van der Waals surface area contributed by atoms with Crippen molar-refractivity contribution in [3.63, 3.8) is 0 Å². The Hall–Kier alpha value is -1.63. The van der Waals surface area contributed by atoms with Crippen LogP contribution in [0.25, 0.3) is 0 Å². The molecule has 7 heteroatoms. The molecule has 1 aromatic heterocycles. The topological polar surface area (TPSA) is 91.3 Å². The Kier molecular flexibility index (Phi) is 4.06. The molecule has 6 nitrogen and oxygen atoms in total. The van der Waals surface area contributed by atoms with Crippen molar-refractivity contribution in [1.82, 2.24) is 15.6 Å². The van der Waals surface area contributed by atoms with Crippen LogP contribution in [-0.2, 0) is 6.54 Å². The number of aromatic nitrogens is 1. The van der Waals surface area contributed by atoms with Crippen molar-refractivity contribution in [2.75, 3.05) is 0 Å². The highest BCUT2D eigenvalue weighted by atomic mass is 32.1. The van der Waals surface area contributed by atoms with Crippen molar-refractivity contribution >= 4 is 23.3 Å². The number of nitrogens with zero attached hydrogens (tertiary/aromatic N) is 1. The molecule has 0 unspecified atom stereocenters. The maximum Gasteiger partial charge on any atom is 0.355 e. The van der Waals surface area contributed by atoms with Crippen molar-refractivity contribution in [2.24, 2.45) is 0 Å². The minimum absolute atomic E-state index is 0.00281. The Morgan fingerprint density at radius 1 is 1.47 bits per heavy atom. The lowest BCUT2D eigenvalue weighted by molar-refractivity contribution is 0.0691. The highest BCUT2D eigenvalue weighted by Crippen LogP contribution is 2.09. The number of nitrogens with one attached hydrogen (secondary N) is 2. The number of thiazole rings is 1. The molecule has 17 heavy (non-hydrogen) atoms. The Bertz CT molecular complexity index is 423. The van der Waals surface area contributed by atoms with Gasteiger partial charge in [0.05, 0.1) is 6.54 Å². The highest BCUT2D eigenvalue weighted by Gasteiger charge is 2.14. The predicted molar refractivity (Wildman–Crippen MR) is 64.2 cm³/mol. The van der Waals surface area contributed by atoms with E-state index in [-0.39, 0.29) is 23.8 Å². The SMILES string of the molecule is CC(C)(C)NC(=O)NCc1nc(C(=O)O)cs1. The molecular formula is C10H15N3O3S. The van der Waals surface area contributed by atoms with E-state index in [1.165, 1.54) is 16.7 Å². The van der Waals surface area contributed by atoms with Gasteiger partial charge >= 0.3 is 12.0 Å². The molecule has 0 aliphatic carbocycles. The molecule has 0 spiro atoms. The number of amides is 2. The largest absolute Gasteiger partial charge is 0.476 e. The number of carbonyl (C=O) groups excluding carboxylic acids is 1. The molecule has 0 aliphatic rings. The summed E-state index contributed by atoms with van der Waals surface area (Å²) in [5.74, 6) is -1.06. The third kappa shape index (κ3) is 4.81. The van der Waals surface area contributed by atoms with E-state index in [4.69, 9.17) is 5.11 Å². The molecule has 0 fully saturated rings. The zero-order valence-electron chi connectivity index (χ0n) is 9.90. The molecule has 0 aliphatic heterocycles. The van der Waals surface area contributed by atoms with E-state index in [0.717, 1.165) is 0 Å². The summed E-state index contributed by atoms with van der Waals surface area (Å²) in [4.78, 5) is 25.9. The Balaban J connectivity index is 2.45. The van der Waals surface area contributed by atoms with Gasteiger partial charge in [-0.1, -0.05) is 0 Å². The van der Waals surface area contributed by atoms with Gasteiger partial charge in [-0.05, 0) is 20.8 Å². The number of rotatable bonds is 3. The zero-order chi connectivity index (χ0) is 13.1.